The average molecular weight is 286 g/mol. The number of benzene rings is 1. The van der Waals surface area contributed by atoms with Crippen LogP contribution in [0.1, 0.15) is 47.1 Å². The Bertz CT molecular complexity index is 660. The van der Waals surface area contributed by atoms with Crippen LogP contribution in [0, 0.1) is 13.8 Å². The number of nitrogen functional groups attached to an aromatic ring is 1. The maximum Gasteiger partial charge on any atom is 0.274 e. The Morgan fingerprint density at radius 1 is 1.43 bits per heavy atom. The number of anilines is 1. The van der Waals surface area contributed by atoms with Crippen molar-refractivity contribution in [2.45, 2.75) is 40.3 Å². The molecule has 5 heteroatoms. The number of aryl methyl sites for hydroxylation is 3. The molecule has 0 fully saturated rings. The summed E-state index contributed by atoms with van der Waals surface area (Å²) in [6, 6.07) is 6.11. The number of nitrogens with two attached hydrogens (primary N) is 1. The van der Waals surface area contributed by atoms with Crippen LogP contribution in [0.4, 0.5) is 5.69 Å². The fourth-order valence-corrected chi connectivity index (χ4v) is 2.43. The van der Waals surface area contributed by atoms with Crippen LogP contribution < -0.4 is 11.1 Å². The van der Waals surface area contributed by atoms with Crippen molar-refractivity contribution < 1.29 is 4.79 Å². The van der Waals surface area contributed by atoms with Gasteiger partial charge in [-0.05, 0) is 38.8 Å². The predicted molar refractivity (Wildman–Crippen MR) is 84.1 cm³/mol. The van der Waals surface area contributed by atoms with Crippen molar-refractivity contribution in [2.24, 2.45) is 0 Å². The van der Waals surface area contributed by atoms with Crippen molar-refractivity contribution in [2.75, 3.05) is 5.73 Å². The molecule has 2 aromatic rings. The van der Waals surface area contributed by atoms with Gasteiger partial charge in [-0.25, -0.2) is 0 Å². The largest absolute Gasteiger partial charge is 0.396 e. The van der Waals surface area contributed by atoms with Gasteiger partial charge in [0, 0.05) is 12.7 Å². The molecule has 3 N–H and O–H groups in total. The quantitative estimate of drug-likeness (QED) is 0.907. The van der Waals surface area contributed by atoms with E-state index in [0.29, 0.717) is 12.2 Å². The molecule has 0 saturated carbocycles. The molecular formula is C16H22N4O. The van der Waals surface area contributed by atoms with Gasteiger partial charge in [-0.2, -0.15) is 5.10 Å². The SMILES string of the molecule is CCn1cc(N)c(C(=O)NC(C)c2ccc(C)cc2C)n1. The molecule has 112 valence electrons. The molecule has 0 radical (unpaired) electrons. The summed E-state index contributed by atoms with van der Waals surface area (Å²) in [6.07, 6.45) is 1.68. The highest BCUT2D eigenvalue weighted by Gasteiger charge is 2.18. The second-order valence-corrected chi connectivity index (χ2v) is 5.34. The molecule has 5 nitrogen and oxygen atoms in total. The average Bonchev–Trinajstić information content (AvgIpc) is 2.79. The fraction of sp³-hybridized carbons (Fsp3) is 0.375. The highest BCUT2D eigenvalue weighted by Crippen LogP contribution is 2.19. The van der Waals surface area contributed by atoms with Crippen LogP contribution in [0.2, 0.25) is 0 Å². The van der Waals surface area contributed by atoms with E-state index >= 15 is 0 Å². The Morgan fingerprint density at radius 2 is 2.14 bits per heavy atom. The maximum absolute atomic E-state index is 12.3. The Balaban J connectivity index is 2.16. The van der Waals surface area contributed by atoms with Crippen molar-refractivity contribution in [3.63, 3.8) is 0 Å². The molecule has 0 saturated heterocycles. The first kappa shape index (κ1) is 15.1. The van der Waals surface area contributed by atoms with E-state index in [1.165, 1.54) is 5.56 Å². The van der Waals surface area contributed by atoms with E-state index in [-0.39, 0.29) is 17.6 Å². The van der Waals surface area contributed by atoms with Crippen LogP contribution in [0.5, 0.6) is 0 Å². The molecule has 1 atom stereocenters. The lowest BCUT2D eigenvalue weighted by atomic mass is 10.0. The molecule has 2 rings (SSSR count). The van der Waals surface area contributed by atoms with Crippen LogP contribution in [0.15, 0.2) is 24.4 Å². The van der Waals surface area contributed by atoms with Crippen molar-refractivity contribution in [1.82, 2.24) is 15.1 Å². The second-order valence-electron chi connectivity index (χ2n) is 5.34. The van der Waals surface area contributed by atoms with Crippen LogP contribution in [-0.2, 0) is 6.54 Å². The summed E-state index contributed by atoms with van der Waals surface area (Å²) in [5.41, 5.74) is 10.00. The Labute approximate surface area is 125 Å². The number of hydrogen-bond donors (Lipinski definition) is 2. The third kappa shape index (κ3) is 3.24. The number of amides is 1. The first-order valence-electron chi connectivity index (χ1n) is 7.13. The lowest BCUT2D eigenvalue weighted by Gasteiger charge is -2.16. The maximum atomic E-state index is 12.3. The molecule has 0 aliphatic rings. The van der Waals surface area contributed by atoms with Gasteiger partial charge in [-0.3, -0.25) is 9.48 Å². The summed E-state index contributed by atoms with van der Waals surface area (Å²) in [5.74, 6) is -0.243. The van der Waals surface area contributed by atoms with E-state index in [1.807, 2.05) is 32.9 Å². The van der Waals surface area contributed by atoms with Crippen LogP contribution >= 0.6 is 0 Å². The molecule has 0 aliphatic heterocycles. The third-order valence-electron chi connectivity index (χ3n) is 3.57. The van der Waals surface area contributed by atoms with Crippen LogP contribution in [-0.4, -0.2) is 15.7 Å². The number of nitrogens with one attached hydrogen (secondary N) is 1. The van der Waals surface area contributed by atoms with Crippen molar-refractivity contribution in [1.29, 1.82) is 0 Å². The van der Waals surface area contributed by atoms with Gasteiger partial charge >= 0.3 is 0 Å². The van der Waals surface area contributed by atoms with Gasteiger partial charge < -0.3 is 11.1 Å². The molecular weight excluding hydrogens is 264 g/mol. The lowest BCUT2D eigenvalue weighted by molar-refractivity contribution is 0.0935. The van der Waals surface area contributed by atoms with E-state index in [9.17, 15) is 4.79 Å². The van der Waals surface area contributed by atoms with E-state index in [4.69, 9.17) is 5.73 Å². The minimum atomic E-state index is -0.243. The third-order valence-corrected chi connectivity index (χ3v) is 3.57. The Kier molecular flexibility index (Phi) is 4.31. The first-order valence-corrected chi connectivity index (χ1v) is 7.13. The number of aromatic nitrogens is 2. The zero-order valence-corrected chi connectivity index (χ0v) is 13.0. The first-order chi connectivity index (χ1) is 9.92. The van der Waals surface area contributed by atoms with Crippen molar-refractivity contribution >= 4 is 11.6 Å². The molecule has 1 aromatic heterocycles. The minimum Gasteiger partial charge on any atom is -0.396 e. The minimum absolute atomic E-state index is 0.0933. The summed E-state index contributed by atoms with van der Waals surface area (Å²) in [7, 11) is 0. The highest BCUT2D eigenvalue weighted by molar-refractivity contribution is 5.97. The number of rotatable bonds is 4. The molecule has 0 spiro atoms. The van der Waals surface area contributed by atoms with E-state index in [2.05, 4.69) is 23.4 Å². The van der Waals surface area contributed by atoms with E-state index < -0.39 is 0 Å². The molecule has 0 aliphatic carbocycles. The summed E-state index contributed by atoms with van der Waals surface area (Å²) in [5, 5.41) is 7.15. The zero-order valence-electron chi connectivity index (χ0n) is 13.0. The smallest absolute Gasteiger partial charge is 0.274 e. The molecule has 21 heavy (non-hydrogen) atoms. The number of nitrogens with zero attached hydrogens (tertiary/aromatic N) is 2. The normalized spacial score (nSPS) is 12.2. The standard InChI is InChI=1S/C16H22N4O/c1-5-20-9-14(17)15(19-20)16(21)18-12(4)13-7-6-10(2)8-11(13)3/h6-9,12H,5,17H2,1-4H3,(H,18,21). The fourth-order valence-electron chi connectivity index (χ4n) is 2.43. The van der Waals surface area contributed by atoms with Gasteiger partial charge in [0.05, 0.1) is 11.7 Å². The number of carbonyl (C=O) groups excluding carboxylic acids is 1. The van der Waals surface area contributed by atoms with Gasteiger partial charge in [0.2, 0.25) is 0 Å². The van der Waals surface area contributed by atoms with Crippen LogP contribution in [0.3, 0.4) is 0 Å². The Morgan fingerprint density at radius 3 is 2.71 bits per heavy atom. The van der Waals surface area contributed by atoms with Gasteiger partial charge in [0.15, 0.2) is 5.69 Å². The van der Waals surface area contributed by atoms with Gasteiger partial charge in [-0.15, -0.1) is 0 Å². The molecule has 1 heterocycles. The second kappa shape index (κ2) is 5.99. The Hall–Kier alpha value is -2.30. The summed E-state index contributed by atoms with van der Waals surface area (Å²) >= 11 is 0. The van der Waals surface area contributed by atoms with E-state index in [0.717, 1.165) is 11.1 Å². The molecule has 1 aromatic carbocycles. The molecule has 1 amide bonds. The van der Waals surface area contributed by atoms with Crippen molar-refractivity contribution in [3.8, 4) is 0 Å². The van der Waals surface area contributed by atoms with Crippen LogP contribution in [0.25, 0.3) is 0 Å². The topological polar surface area (TPSA) is 72.9 Å². The zero-order chi connectivity index (χ0) is 15.6. The summed E-state index contributed by atoms with van der Waals surface area (Å²) < 4.78 is 1.66. The highest BCUT2D eigenvalue weighted by atomic mass is 16.2. The summed E-state index contributed by atoms with van der Waals surface area (Å²) in [6.45, 7) is 8.70. The van der Waals surface area contributed by atoms with Gasteiger partial charge in [0.25, 0.3) is 5.91 Å². The summed E-state index contributed by atoms with van der Waals surface area (Å²) in [4.78, 5) is 12.3. The number of carbonyl (C=O) groups is 1. The van der Waals surface area contributed by atoms with Gasteiger partial charge in [0.1, 0.15) is 0 Å². The predicted octanol–water partition coefficient (Wildman–Crippen LogP) is 2.59. The van der Waals surface area contributed by atoms with Gasteiger partial charge in [-0.1, -0.05) is 23.8 Å². The molecule has 1 unspecified atom stereocenters. The van der Waals surface area contributed by atoms with Crippen molar-refractivity contribution in [3.05, 3.63) is 46.8 Å². The molecule has 0 bridgehead atoms. The monoisotopic (exact) mass is 286 g/mol. The number of hydrogen-bond acceptors (Lipinski definition) is 3. The lowest BCUT2D eigenvalue weighted by Crippen LogP contribution is -2.28. The van der Waals surface area contributed by atoms with E-state index in [1.54, 1.807) is 10.9 Å².